The summed E-state index contributed by atoms with van der Waals surface area (Å²) < 4.78 is 31.1. The fraction of sp³-hybridized carbons (Fsp3) is 0.290. The quantitative estimate of drug-likeness (QED) is 0.0993. The number of hydrogen-bond donors (Lipinski definition) is 5. The van der Waals surface area contributed by atoms with Crippen molar-refractivity contribution in [3.8, 4) is 11.5 Å². The van der Waals surface area contributed by atoms with E-state index in [4.69, 9.17) is 25.4 Å². The molecule has 0 aliphatic heterocycles. The standard InChI is InChI=1S/C31H35FN4O7/c1-17(2)43-27-12-19(16-42-18(3)37)11-21(23(27)9-10-29(38)39)15-35-26-14-28(41-4)25(32)13-24(26)31(40)36-22-7-5-20(6-8-22)30(33)34/h5-8,11-14,17,35H,9-10,15-16H2,1-4H3,(H3,33,34)(H,36,40)(H,38,39). The summed E-state index contributed by atoms with van der Waals surface area (Å²) in [5, 5.41) is 22.8. The van der Waals surface area contributed by atoms with E-state index in [1.165, 1.54) is 20.1 Å². The van der Waals surface area contributed by atoms with Crippen LogP contribution in [0.5, 0.6) is 11.5 Å². The number of carboxylic acids is 1. The van der Waals surface area contributed by atoms with Crippen LogP contribution in [0.2, 0.25) is 0 Å². The van der Waals surface area contributed by atoms with Gasteiger partial charge >= 0.3 is 11.9 Å². The van der Waals surface area contributed by atoms with E-state index in [0.717, 1.165) is 6.07 Å². The zero-order valence-corrected chi connectivity index (χ0v) is 24.4. The van der Waals surface area contributed by atoms with Crippen molar-refractivity contribution >= 4 is 35.1 Å². The van der Waals surface area contributed by atoms with Gasteiger partial charge in [0.05, 0.1) is 24.5 Å². The van der Waals surface area contributed by atoms with Crippen molar-refractivity contribution < 1.29 is 38.1 Å². The molecule has 0 unspecified atom stereocenters. The Morgan fingerprint density at radius 2 is 1.77 bits per heavy atom. The molecule has 0 aromatic heterocycles. The molecule has 0 fully saturated rings. The Hall–Kier alpha value is -5.13. The second-order valence-corrected chi connectivity index (χ2v) is 9.90. The molecule has 12 heteroatoms. The van der Waals surface area contributed by atoms with Crippen LogP contribution in [0, 0.1) is 11.2 Å². The number of amidine groups is 1. The summed E-state index contributed by atoms with van der Waals surface area (Å²) in [7, 11) is 1.30. The second kappa shape index (κ2) is 14.7. The molecule has 3 aromatic carbocycles. The van der Waals surface area contributed by atoms with Crippen molar-refractivity contribution in [2.24, 2.45) is 5.73 Å². The lowest BCUT2D eigenvalue weighted by atomic mass is 9.98. The van der Waals surface area contributed by atoms with Crippen LogP contribution < -0.4 is 25.8 Å². The number of methoxy groups -OCH3 is 1. The molecule has 228 valence electrons. The zero-order valence-electron chi connectivity index (χ0n) is 24.4. The van der Waals surface area contributed by atoms with Crippen molar-refractivity contribution in [3.63, 3.8) is 0 Å². The van der Waals surface area contributed by atoms with Gasteiger partial charge in [-0.25, -0.2) is 4.39 Å². The molecule has 1 amide bonds. The first kappa shape index (κ1) is 32.4. The summed E-state index contributed by atoms with van der Waals surface area (Å²) in [6.07, 6.45) is -0.237. The van der Waals surface area contributed by atoms with Crippen LogP contribution in [0.3, 0.4) is 0 Å². The number of carbonyl (C=O) groups is 3. The van der Waals surface area contributed by atoms with E-state index in [1.54, 1.807) is 36.4 Å². The van der Waals surface area contributed by atoms with Gasteiger partial charge in [-0.3, -0.25) is 19.8 Å². The SMILES string of the molecule is COc1cc(NCc2cc(COC(C)=O)cc(OC(C)C)c2CCC(=O)O)c(C(=O)Nc2ccc(C(=N)N)cc2)cc1F. The van der Waals surface area contributed by atoms with Gasteiger partial charge in [0, 0.05) is 37.2 Å². The number of rotatable bonds is 14. The highest BCUT2D eigenvalue weighted by Crippen LogP contribution is 2.31. The second-order valence-electron chi connectivity index (χ2n) is 9.90. The minimum atomic E-state index is -0.989. The van der Waals surface area contributed by atoms with E-state index >= 15 is 0 Å². The minimum Gasteiger partial charge on any atom is -0.494 e. The number of carboxylic acid groups (broad SMARTS) is 1. The molecule has 0 saturated carbocycles. The maximum Gasteiger partial charge on any atom is 0.303 e. The van der Waals surface area contributed by atoms with Gasteiger partial charge in [0.2, 0.25) is 0 Å². The van der Waals surface area contributed by atoms with Gasteiger partial charge in [-0.1, -0.05) is 6.07 Å². The molecule has 0 heterocycles. The molecule has 0 aliphatic rings. The predicted molar refractivity (Wildman–Crippen MR) is 159 cm³/mol. The van der Waals surface area contributed by atoms with Gasteiger partial charge in [0.1, 0.15) is 18.2 Å². The molecule has 43 heavy (non-hydrogen) atoms. The lowest BCUT2D eigenvalue weighted by Gasteiger charge is -2.21. The summed E-state index contributed by atoms with van der Waals surface area (Å²) in [4.78, 5) is 36.2. The van der Waals surface area contributed by atoms with Crippen LogP contribution >= 0.6 is 0 Å². The largest absolute Gasteiger partial charge is 0.494 e. The van der Waals surface area contributed by atoms with Gasteiger partial charge < -0.3 is 35.7 Å². The summed E-state index contributed by atoms with van der Waals surface area (Å²) in [6, 6.07) is 12.2. The lowest BCUT2D eigenvalue weighted by Crippen LogP contribution is -2.17. The maximum atomic E-state index is 14.8. The number of nitrogens with one attached hydrogen (secondary N) is 3. The molecule has 11 nitrogen and oxygen atoms in total. The Balaban J connectivity index is 2.00. The summed E-state index contributed by atoms with van der Waals surface area (Å²) >= 11 is 0. The normalized spacial score (nSPS) is 10.7. The monoisotopic (exact) mass is 594 g/mol. The number of nitrogens with two attached hydrogens (primary N) is 1. The topological polar surface area (TPSA) is 173 Å². The Morgan fingerprint density at radius 1 is 1.07 bits per heavy atom. The van der Waals surface area contributed by atoms with E-state index < -0.39 is 23.7 Å². The average molecular weight is 595 g/mol. The van der Waals surface area contributed by atoms with E-state index in [-0.39, 0.29) is 54.9 Å². The molecule has 3 aromatic rings. The minimum absolute atomic E-state index is 0.0178. The van der Waals surface area contributed by atoms with Gasteiger partial charge in [0.15, 0.2) is 11.6 Å². The first-order valence-electron chi connectivity index (χ1n) is 13.4. The van der Waals surface area contributed by atoms with Crippen LogP contribution in [-0.4, -0.2) is 42.0 Å². The van der Waals surface area contributed by atoms with E-state index in [1.807, 2.05) is 13.8 Å². The third-order valence-electron chi connectivity index (χ3n) is 6.21. The smallest absolute Gasteiger partial charge is 0.303 e. The van der Waals surface area contributed by atoms with Crippen molar-refractivity contribution in [2.45, 2.75) is 52.9 Å². The number of hydrogen-bond acceptors (Lipinski definition) is 8. The third kappa shape index (κ3) is 9.18. The average Bonchev–Trinajstić information content (AvgIpc) is 2.94. The molecular weight excluding hydrogens is 559 g/mol. The number of halogens is 1. The summed E-state index contributed by atoms with van der Waals surface area (Å²) in [5.41, 5.74) is 8.48. The van der Waals surface area contributed by atoms with Gasteiger partial charge in [-0.05, 0) is 73.4 Å². The summed E-state index contributed by atoms with van der Waals surface area (Å²) in [5.74, 6) is -2.59. The third-order valence-corrected chi connectivity index (χ3v) is 6.21. The van der Waals surface area contributed by atoms with Crippen LogP contribution in [0.4, 0.5) is 15.8 Å². The van der Waals surface area contributed by atoms with Crippen LogP contribution in [0.25, 0.3) is 0 Å². The number of carbonyl (C=O) groups excluding carboxylic acids is 2. The highest BCUT2D eigenvalue weighted by atomic mass is 19.1. The number of amides is 1. The zero-order chi connectivity index (χ0) is 31.7. The van der Waals surface area contributed by atoms with Crippen LogP contribution in [-0.2, 0) is 33.9 Å². The molecule has 0 atom stereocenters. The fourth-order valence-corrected chi connectivity index (χ4v) is 4.23. The van der Waals surface area contributed by atoms with Crippen LogP contribution in [0.15, 0.2) is 48.5 Å². The Bertz CT molecular complexity index is 1510. The van der Waals surface area contributed by atoms with Crippen LogP contribution in [0.1, 0.15) is 59.8 Å². The molecule has 0 aliphatic carbocycles. The first-order chi connectivity index (χ1) is 20.4. The van der Waals surface area contributed by atoms with Crippen molar-refractivity contribution in [3.05, 3.63) is 82.2 Å². The summed E-state index contributed by atoms with van der Waals surface area (Å²) in [6.45, 7) is 5.01. The molecule has 0 bridgehead atoms. The van der Waals surface area contributed by atoms with Gasteiger partial charge in [-0.15, -0.1) is 0 Å². The Labute approximate surface area is 248 Å². The first-order valence-corrected chi connectivity index (χ1v) is 13.4. The highest BCUT2D eigenvalue weighted by Gasteiger charge is 2.20. The maximum absolute atomic E-state index is 14.8. The number of benzene rings is 3. The molecule has 0 radical (unpaired) electrons. The molecule has 0 spiro atoms. The van der Waals surface area contributed by atoms with Gasteiger partial charge in [0.25, 0.3) is 5.91 Å². The molecule has 0 saturated heterocycles. The molecule has 6 N–H and O–H groups in total. The number of ether oxygens (including phenoxy) is 3. The lowest BCUT2D eigenvalue weighted by molar-refractivity contribution is -0.142. The number of aliphatic carboxylic acids is 1. The molecule has 3 rings (SSSR count). The van der Waals surface area contributed by atoms with Crippen molar-refractivity contribution in [2.75, 3.05) is 17.7 Å². The number of nitrogen functional groups attached to an aromatic ring is 1. The molecular formula is C31H35FN4O7. The highest BCUT2D eigenvalue weighted by molar-refractivity contribution is 6.08. The predicted octanol–water partition coefficient (Wildman–Crippen LogP) is 4.85. The number of esters is 1. The van der Waals surface area contributed by atoms with E-state index in [0.29, 0.717) is 33.7 Å². The van der Waals surface area contributed by atoms with E-state index in [9.17, 15) is 23.9 Å². The Kier molecular flexibility index (Phi) is 11.0. The van der Waals surface area contributed by atoms with Crippen molar-refractivity contribution in [1.29, 1.82) is 5.41 Å². The van der Waals surface area contributed by atoms with Crippen molar-refractivity contribution in [1.82, 2.24) is 0 Å². The Morgan fingerprint density at radius 3 is 2.35 bits per heavy atom. The fourth-order valence-electron chi connectivity index (χ4n) is 4.23. The number of anilines is 2. The van der Waals surface area contributed by atoms with Gasteiger partial charge in [-0.2, -0.15) is 0 Å². The van der Waals surface area contributed by atoms with E-state index in [2.05, 4.69) is 10.6 Å².